The highest BCUT2D eigenvalue weighted by Gasteiger charge is 2.13. The highest BCUT2D eigenvalue weighted by atomic mass is 16.2. The van der Waals surface area contributed by atoms with E-state index in [1.165, 1.54) is 32.4 Å². The van der Waals surface area contributed by atoms with Crippen LogP contribution in [0.5, 0.6) is 0 Å². The first-order valence-electron chi connectivity index (χ1n) is 5.85. The zero-order chi connectivity index (χ0) is 10.2. The molecule has 1 atom stereocenters. The van der Waals surface area contributed by atoms with E-state index in [2.05, 4.69) is 17.3 Å². The maximum Gasteiger partial charge on any atom is 0.0431 e. The molecule has 1 rings (SSSR count). The molecule has 1 fully saturated rings. The average Bonchev–Trinajstić information content (AvgIpc) is 2.38. The Bertz CT molecular complexity index is 141. The van der Waals surface area contributed by atoms with E-state index in [1.54, 1.807) is 0 Å². The van der Waals surface area contributed by atoms with Crippen molar-refractivity contribution in [3.63, 3.8) is 0 Å². The molecule has 0 aromatic carbocycles. The summed E-state index contributed by atoms with van der Waals surface area (Å²) in [5.41, 5.74) is 0. The number of unbranched alkanes of at least 4 members (excludes halogenated alkanes) is 1. The Kier molecular flexibility index (Phi) is 6.15. The molecule has 3 nitrogen and oxygen atoms in total. The summed E-state index contributed by atoms with van der Waals surface area (Å²) in [7, 11) is 2.20. The van der Waals surface area contributed by atoms with Crippen molar-refractivity contribution >= 4 is 0 Å². The summed E-state index contributed by atoms with van der Waals surface area (Å²) in [5, 5.41) is 12.2. The quantitative estimate of drug-likeness (QED) is 0.645. The Morgan fingerprint density at radius 2 is 2.14 bits per heavy atom. The molecule has 0 aromatic rings. The van der Waals surface area contributed by atoms with Crippen LogP contribution in [-0.2, 0) is 0 Å². The van der Waals surface area contributed by atoms with Crippen LogP contribution in [0.3, 0.4) is 0 Å². The summed E-state index contributed by atoms with van der Waals surface area (Å²) in [6, 6.07) is 0.707. The standard InChI is InChI=1S/C11H24N2O/c1-13-8-4-5-11(6-9-13)12-7-2-3-10-14/h11-12,14H,2-10H2,1H3. The third-order valence-electron chi connectivity index (χ3n) is 2.97. The molecular formula is C11H24N2O. The van der Waals surface area contributed by atoms with Crippen LogP contribution in [0.4, 0.5) is 0 Å². The fourth-order valence-electron chi connectivity index (χ4n) is 1.99. The Morgan fingerprint density at radius 3 is 2.93 bits per heavy atom. The molecule has 1 aliphatic heterocycles. The van der Waals surface area contributed by atoms with Gasteiger partial charge >= 0.3 is 0 Å². The van der Waals surface area contributed by atoms with E-state index in [0.29, 0.717) is 12.6 Å². The van der Waals surface area contributed by atoms with Crippen molar-refractivity contribution in [2.45, 2.75) is 38.1 Å². The summed E-state index contributed by atoms with van der Waals surface area (Å²) in [5.74, 6) is 0. The summed E-state index contributed by atoms with van der Waals surface area (Å²) in [6.45, 7) is 3.86. The highest BCUT2D eigenvalue weighted by molar-refractivity contribution is 4.73. The van der Waals surface area contributed by atoms with Gasteiger partial charge in [-0.25, -0.2) is 0 Å². The minimum absolute atomic E-state index is 0.328. The second-order valence-corrected chi connectivity index (χ2v) is 4.32. The van der Waals surface area contributed by atoms with Crippen molar-refractivity contribution in [3.8, 4) is 0 Å². The number of aliphatic hydroxyl groups excluding tert-OH is 1. The van der Waals surface area contributed by atoms with Crippen LogP contribution in [0.1, 0.15) is 32.1 Å². The Balaban J connectivity index is 2.05. The molecule has 0 saturated carbocycles. The van der Waals surface area contributed by atoms with Crippen LogP contribution in [0.15, 0.2) is 0 Å². The van der Waals surface area contributed by atoms with E-state index in [1.807, 2.05) is 0 Å². The van der Waals surface area contributed by atoms with Gasteiger partial charge < -0.3 is 15.3 Å². The maximum absolute atomic E-state index is 8.65. The number of likely N-dealkylation sites (tertiary alicyclic amines) is 1. The van der Waals surface area contributed by atoms with Gasteiger partial charge in [-0.05, 0) is 58.8 Å². The van der Waals surface area contributed by atoms with E-state index < -0.39 is 0 Å². The van der Waals surface area contributed by atoms with Gasteiger partial charge in [0.15, 0.2) is 0 Å². The number of rotatable bonds is 5. The molecule has 3 heteroatoms. The minimum Gasteiger partial charge on any atom is -0.396 e. The van der Waals surface area contributed by atoms with Gasteiger partial charge in [-0.15, -0.1) is 0 Å². The van der Waals surface area contributed by atoms with Crippen molar-refractivity contribution in [1.82, 2.24) is 10.2 Å². The monoisotopic (exact) mass is 200 g/mol. The molecule has 1 heterocycles. The molecule has 1 aliphatic rings. The van der Waals surface area contributed by atoms with Crippen LogP contribution < -0.4 is 5.32 Å². The number of nitrogens with one attached hydrogen (secondary N) is 1. The SMILES string of the molecule is CN1CCCC(NCCCCO)CC1. The Hall–Kier alpha value is -0.120. The lowest BCUT2D eigenvalue weighted by molar-refractivity contribution is 0.281. The van der Waals surface area contributed by atoms with E-state index in [4.69, 9.17) is 5.11 Å². The molecule has 0 aromatic heterocycles. The lowest BCUT2D eigenvalue weighted by Gasteiger charge is -2.16. The van der Waals surface area contributed by atoms with Gasteiger partial charge in [0.05, 0.1) is 0 Å². The van der Waals surface area contributed by atoms with E-state index in [9.17, 15) is 0 Å². The topological polar surface area (TPSA) is 35.5 Å². The molecule has 0 bridgehead atoms. The fourth-order valence-corrected chi connectivity index (χ4v) is 1.99. The number of hydrogen-bond acceptors (Lipinski definition) is 3. The minimum atomic E-state index is 0.328. The van der Waals surface area contributed by atoms with Crippen LogP contribution in [0, 0.1) is 0 Å². The number of nitrogens with zero attached hydrogens (tertiary/aromatic N) is 1. The summed E-state index contributed by atoms with van der Waals surface area (Å²) >= 11 is 0. The van der Waals surface area contributed by atoms with Crippen LogP contribution in [0.25, 0.3) is 0 Å². The lowest BCUT2D eigenvalue weighted by Crippen LogP contribution is -2.31. The maximum atomic E-state index is 8.65. The van der Waals surface area contributed by atoms with Gasteiger partial charge in [0.25, 0.3) is 0 Å². The first-order chi connectivity index (χ1) is 6.83. The van der Waals surface area contributed by atoms with Crippen molar-refractivity contribution in [1.29, 1.82) is 0 Å². The normalized spacial score (nSPS) is 24.9. The smallest absolute Gasteiger partial charge is 0.0431 e. The van der Waals surface area contributed by atoms with Crippen molar-refractivity contribution in [2.75, 3.05) is 33.3 Å². The predicted molar refractivity (Wildman–Crippen MR) is 59.5 cm³/mol. The van der Waals surface area contributed by atoms with Gasteiger partial charge in [-0.1, -0.05) is 0 Å². The van der Waals surface area contributed by atoms with Crippen molar-refractivity contribution < 1.29 is 5.11 Å². The molecule has 2 N–H and O–H groups in total. The Morgan fingerprint density at radius 1 is 1.29 bits per heavy atom. The summed E-state index contributed by atoms with van der Waals surface area (Å²) < 4.78 is 0. The average molecular weight is 200 g/mol. The third-order valence-corrected chi connectivity index (χ3v) is 2.97. The third kappa shape index (κ3) is 4.94. The summed E-state index contributed by atoms with van der Waals surface area (Å²) in [6.07, 6.45) is 5.93. The zero-order valence-corrected chi connectivity index (χ0v) is 9.34. The van der Waals surface area contributed by atoms with Crippen molar-refractivity contribution in [2.24, 2.45) is 0 Å². The zero-order valence-electron chi connectivity index (χ0n) is 9.34. The highest BCUT2D eigenvalue weighted by Crippen LogP contribution is 2.09. The van der Waals surface area contributed by atoms with Crippen LogP contribution in [0.2, 0.25) is 0 Å². The molecule has 14 heavy (non-hydrogen) atoms. The van der Waals surface area contributed by atoms with Crippen LogP contribution in [-0.4, -0.2) is 49.3 Å². The summed E-state index contributed by atoms with van der Waals surface area (Å²) in [4.78, 5) is 2.41. The molecule has 0 amide bonds. The second kappa shape index (κ2) is 7.21. The Labute approximate surface area is 87.5 Å². The second-order valence-electron chi connectivity index (χ2n) is 4.32. The molecule has 0 spiro atoms. The first kappa shape index (κ1) is 12.0. The van der Waals surface area contributed by atoms with Gasteiger partial charge in [-0.3, -0.25) is 0 Å². The molecule has 0 radical (unpaired) electrons. The van der Waals surface area contributed by atoms with Crippen molar-refractivity contribution in [3.05, 3.63) is 0 Å². The van der Waals surface area contributed by atoms with E-state index >= 15 is 0 Å². The molecule has 1 unspecified atom stereocenters. The fraction of sp³-hybridized carbons (Fsp3) is 1.00. The number of aliphatic hydroxyl groups is 1. The largest absolute Gasteiger partial charge is 0.396 e. The van der Waals surface area contributed by atoms with E-state index in [0.717, 1.165) is 19.4 Å². The van der Waals surface area contributed by atoms with E-state index in [-0.39, 0.29) is 0 Å². The van der Waals surface area contributed by atoms with Gasteiger partial charge in [-0.2, -0.15) is 0 Å². The lowest BCUT2D eigenvalue weighted by atomic mass is 10.1. The van der Waals surface area contributed by atoms with Gasteiger partial charge in [0, 0.05) is 12.6 Å². The van der Waals surface area contributed by atoms with Gasteiger partial charge in [0.1, 0.15) is 0 Å². The molecule has 1 saturated heterocycles. The van der Waals surface area contributed by atoms with Crippen LogP contribution >= 0.6 is 0 Å². The molecule has 0 aliphatic carbocycles. The molecule has 84 valence electrons. The number of hydrogen-bond donors (Lipinski definition) is 2. The van der Waals surface area contributed by atoms with Gasteiger partial charge in [0.2, 0.25) is 0 Å². The first-order valence-corrected chi connectivity index (χ1v) is 5.85. The molecular weight excluding hydrogens is 176 g/mol. The predicted octanol–water partition coefficient (Wildman–Crippen LogP) is 0.833.